The minimum Gasteiger partial charge on any atom is -0.496 e. The van der Waals surface area contributed by atoms with E-state index in [9.17, 15) is 0 Å². The first-order valence-corrected chi connectivity index (χ1v) is 6.17. The second-order valence-corrected chi connectivity index (χ2v) is 4.61. The summed E-state index contributed by atoms with van der Waals surface area (Å²) in [4.78, 5) is 0. The van der Waals surface area contributed by atoms with Crippen LogP contribution in [0.5, 0.6) is 5.75 Å². The zero-order valence-corrected chi connectivity index (χ0v) is 11.3. The number of benzene rings is 2. The molecule has 94 valence electrons. The van der Waals surface area contributed by atoms with Gasteiger partial charge in [0.25, 0.3) is 0 Å². The highest BCUT2D eigenvalue weighted by atomic mass is 35.5. The molecule has 0 unspecified atom stereocenters. The van der Waals surface area contributed by atoms with Crippen LogP contribution in [0.25, 0.3) is 11.1 Å². The molecule has 0 atom stereocenters. The molecule has 0 heterocycles. The van der Waals surface area contributed by atoms with Gasteiger partial charge in [-0.3, -0.25) is 0 Å². The van der Waals surface area contributed by atoms with Crippen LogP contribution >= 0.6 is 11.6 Å². The standard InChI is InChI=1S/C15H16ClNO/c1-10-7-12(4-6-15(10)18-2)13-5-3-11(9-17)8-14(13)16/h3-8H,9,17H2,1-2H3. The molecule has 18 heavy (non-hydrogen) atoms. The molecule has 2 rings (SSSR count). The first-order chi connectivity index (χ1) is 8.65. The molecule has 2 aromatic rings. The van der Waals surface area contributed by atoms with E-state index in [0.29, 0.717) is 6.54 Å². The van der Waals surface area contributed by atoms with E-state index < -0.39 is 0 Å². The summed E-state index contributed by atoms with van der Waals surface area (Å²) in [7, 11) is 1.67. The van der Waals surface area contributed by atoms with Crippen LogP contribution in [0.2, 0.25) is 5.02 Å². The van der Waals surface area contributed by atoms with Gasteiger partial charge in [-0.2, -0.15) is 0 Å². The molecule has 2 aromatic carbocycles. The monoisotopic (exact) mass is 261 g/mol. The van der Waals surface area contributed by atoms with Crippen LogP contribution in [0.3, 0.4) is 0 Å². The molecular weight excluding hydrogens is 246 g/mol. The molecule has 2 N–H and O–H groups in total. The highest BCUT2D eigenvalue weighted by Crippen LogP contribution is 2.31. The quantitative estimate of drug-likeness (QED) is 0.913. The summed E-state index contributed by atoms with van der Waals surface area (Å²) in [6.07, 6.45) is 0. The molecule has 2 nitrogen and oxygen atoms in total. The number of hydrogen-bond acceptors (Lipinski definition) is 2. The van der Waals surface area contributed by atoms with Crippen molar-refractivity contribution in [2.45, 2.75) is 13.5 Å². The predicted octanol–water partition coefficient (Wildman–Crippen LogP) is 3.78. The van der Waals surface area contributed by atoms with E-state index in [0.717, 1.165) is 33.0 Å². The lowest BCUT2D eigenvalue weighted by Crippen LogP contribution is -1.96. The van der Waals surface area contributed by atoms with Gasteiger partial charge in [0, 0.05) is 17.1 Å². The fourth-order valence-corrected chi connectivity index (χ4v) is 2.28. The first-order valence-electron chi connectivity index (χ1n) is 5.79. The molecule has 0 aliphatic heterocycles. The summed E-state index contributed by atoms with van der Waals surface area (Å²) in [6.45, 7) is 2.52. The Labute approximate surface area is 112 Å². The lowest BCUT2D eigenvalue weighted by atomic mass is 10.0. The number of rotatable bonds is 3. The second-order valence-electron chi connectivity index (χ2n) is 4.20. The van der Waals surface area contributed by atoms with Gasteiger partial charge in [-0.15, -0.1) is 0 Å². The molecule has 0 fully saturated rings. The molecule has 0 bridgehead atoms. The Bertz CT molecular complexity index is 566. The summed E-state index contributed by atoms with van der Waals surface area (Å²) in [5, 5.41) is 0.725. The molecule has 0 radical (unpaired) electrons. The van der Waals surface area contributed by atoms with Crippen LogP contribution in [0.1, 0.15) is 11.1 Å². The van der Waals surface area contributed by atoms with Crippen molar-refractivity contribution in [2.75, 3.05) is 7.11 Å². The molecule has 0 saturated heterocycles. The van der Waals surface area contributed by atoms with Gasteiger partial charge >= 0.3 is 0 Å². The third-order valence-corrected chi connectivity index (χ3v) is 3.29. The number of hydrogen-bond donors (Lipinski definition) is 1. The third-order valence-electron chi connectivity index (χ3n) is 2.98. The second kappa shape index (κ2) is 5.42. The van der Waals surface area contributed by atoms with Gasteiger partial charge in [-0.05, 0) is 41.8 Å². The zero-order valence-electron chi connectivity index (χ0n) is 10.5. The molecule has 0 aromatic heterocycles. The summed E-state index contributed by atoms with van der Waals surface area (Å²) < 4.78 is 5.25. The largest absolute Gasteiger partial charge is 0.496 e. The van der Waals surface area contributed by atoms with Crippen LogP contribution in [-0.4, -0.2) is 7.11 Å². The Morgan fingerprint density at radius 3 is 2.50 bits per heavy atom. The maximum atomic E-state index is 6.28. The summed E-state index contributed by atoms with van der Waals surface area (Å²) in [6, 6.07) is 12.0. The van der Waals surface area contributed by atoms with Crippen molar-refractivity contribution in [3.63, 3.8) is 0 Å². The van der Waals surface area contributed by atoms with Crippen molar-refractivity contribution in [1.82, 2.24) is 0 Å². The molecule has 3 heteroatoms. The summed E-state index contributed by atoms with van der Waals surface area (Å²) >= 11 is 6.28. The van der Waals surface area contributed by atoms with Gasteiger partial charge in [-0.1, -0.05) is 29.8 Å². The number of halogens is 1. The van der Waals surface area contributed by atoms with E-state index in [1.807, 2.05) is 37.3 Å². The van der Waals surface area contributed by atoms with Crippen molar-refractivity contribution in [2.24, 2.45) is 5.73 Å². The van der Waals surface area contributed by atoms with Crippen molar-refractivity contribution in [3.8, 4) is 16.9 Å². The van der Waals surface area contributed by atoms with Crippen molar-refractivity contribution < 1.29 is 4.74 Å². The molecular formula is C15H16ClNO. The van der Waals surface area contributed by atoms with Gasteiger partial charge in [0.1, 0.15) is 5.75 Å². The minimum atomic E-state index is 0.502. The fraction of sp³-hybridized carbons (Fsp3) is 0.200. The molecule has 0 saturated carbocycles. The van der Waals surface area contributed by atoms with Crippen LogP contribution in [0.15, 0.2) is 36.4 Å². The van der Waals surface area contributed by atoms with E-state index in [4.69, 9.17) is 22.1 Å². The Morgan fingerprint density at radius 1 is 1.17 bits per heavy atom. The highest BCUT2D eigenvalue weighted by molar-refractivity contribution is 6.33. The van der Waals surface area contributed by atoms with E-state index in [1.165, 1.54) is 0 Å². The smallest absolute Gasteiger partial charge is 0.121 e. The van der Waals surface area contributed by atoms with Crippen LogP contribution in [0.4, 0.5) is 0 Å². The zero-order chi connectivity index (χ0) is 13.1. The summed E-state index contributed by atoms with van der Waals surface area (Å²) in [5.74, 6) is 0.883. The number of methoxy groups -OCH3 is 1. The lowest BCUT2D eigenvalue weighted by Gasteiger charge is -2.10. The van der Waals surface area contributed by atoms with Gasteiger partial charge in [0.2, 0.25) is 0 Å². The van der Waals surface area contributed by atoms with Crippen LogP contribution in [-0.2, 0) is 6.54 Å². The minimum absolute atomic E-state index is 0.502. The Kier molecular flexibility index (Phi) is 3.90. The number of aryl methyl sites for hydroxylation is 1. The predicted molar refractivity (Wildman–Crippen MR) is 76.1 cm³/mol. The van der Waals surface area contributed by atoms with Gasteiger partial charge in [-0.25, -0.2) is 0 Å². The Balaban J connectivity index is 2.45. The van der Waals surface area contributed by atoms with Crippen molar-refractivity contribution >= 4 is 11.6 Å². The average Bonchev–Trinajstić information content (AvgIpc) is 2.38. The maximum Gasteiger partial charge on any atom is 0.121 e. The van der Waals surface area contributed by atoms with E-state index in [2.05, 4.69) is 6.07 Å². The van der Waals surface area contributed by atoms with Crippen molar-refractivity contribution in [3.05, 3.63) is 52.5 Å². The van der Waals surface area contributed by atoms with Crippen molar-refractivity contribution in [1.29, 1.82) is 0 Å². The normalized spacial score (nSPS) is 10.4. The SMILES string of the molecule is COc1ccc(-c2ccc(CN)cc2Cl)cc1C. The topological polar surface area (TPSA) is 35.2 Å². The average molecular weight is 262 g/mol. The van der Waals surface area contributed by atoms with Crippen LogP contribution < -0.4 is 10.5 Å². The fourth-order valence-electron chi connectivity index (χ4n) is 1.97. The number of ether oxygens (including phenoxy) is 1. The molecule has 0 aliphatic rings. The van der Waals surface area contributed by atoms with E-state index in [1.54, 1.807) is 7.11 Å². The molecule has 0 spiro atoms. The molecule has 0 aliphatic carbocycles. The van der Waals surface area contributed by atoms with Gasteiger partial charge in [0.15, 0.2) is 0 Å². The molecule has 0 amide bonds. The maximum absolute atomic E-state index is 6.28. The lowest BCUT2D eigenvalue weighted by molar-refractivity contribution is 0.412. The van der Waals surface area contributed by atoms with Crippen LogP contribution in [0, 0.1) is 6.92 Å². The first kappa shape index (κ1) is 12.9. The Morgan fingerprint density at radius 2 is 1.94 bits per heavy atom. The van der Waals surface area contributed by atoms with Gasteiger partial charge < -0.3 is 10.5 Å². The van der Waals surface area contributed by atoms with E-state index >= 15 is 0 Å². The third kappa shape index (κ3) is 2.50. The number of nitrogens with two attached hydrogens (primary N) is 1. The highest BCUT2D eigenvalue weighted by Gasteiger charge is 2.06. The summed E-state index contributed by atoms with van der Waals surface area (Å²) in [5.41, 5.74) is 9.82. The van der Waals surface area contributed by atoms with Gasteiger partial charge in [0.05, 0.1) is 7.11 Å². The van der Waals surface area contributed by atoms with E-state index in [-0.39, 0.29) is 0 Å². The Hall–Kier alpha value is -1.51.